The summed E-state index contributed by atoms with van der Waals surface area (Å²) in [6.07, 6.45) is 1.04. The van der Waals surface area contributed by atoms with E-state index in [1.54, 1.807) is 0 Å². The number of morpholine rings is 1. The van der Waals surface area contributed by atoms with E-state index < -0.39 is 0 Å². The van der Waals surface area contributed by atoms with E-state index in [1.165, 1.54) is 0 Å². The molecule has 1 fully saturated rings. The van der Waals surface area contributed by atoms with Crippen molar-refractivity contribution in [2.45, 2.75) is 6.42 Å². The third-order valence-electron chi connectivity index (χ3n) is 3.22. The highest BCUT2D eigenvalue weighted by atomic mass is 16.5. The molecule has 0 aromatic heterocycles. The molecule has 0 atom stereocenters. The minimum Gasteiger partial charge on any atom is -0.494 e. The van der Waals surface area contributed by atoms with Crippen LogP contribution < -0.4 is 10.1 Å². The molecule has 4 heteroatoms. The second kappa shape index (κ2) is 8.91. The summed E-state index contributed by atoms with van der Waals surface area (Å²) in [4.78, 5) is 2.44. The first-order chi connectivity index (χ1) is 9.45. The Hall–Kier alpha value is -1.10. The van der Waals surface area contributed by atoms with Crippen molar-refractivity contribution in [1.82, 2.24) is 10.2 Å². The Morgan fingerprint density at radius 1 is 1.11 bits per heavy atom. The molecule has 1 heterocycles. The molecule has 1 aliphatic heterocycles. The number of hydrogen-bond acceptors (Lipinski definition) is 4. The van der Waals surface area contributed by atoms with Gasteiger partial charge >= 0.3 is 0 Å². The first-order valence-corrected chi connectivity index (χ1v) is 7.14. The van der Waals surface area contributed by atoms with Crippen molar-refractivity contribution in [3.05, 3.63) is 30.3 Å². The van der Waals surface area contributed by atoms with Gasteiger partial charge in [-0.1, -0.05) is 18.2 Å². The molecule has 0 aliphatic carbocycles. The maximum Gasteiger partial charge on any atom is 0.119 e. The zero-order valence-electron chi connectivity index (χ0n) is 11.5. The standard InChI is InChI=1S/C15H24N2O2/c1-2-5-15(6-3-1)19-12-4-7-16-8-9-17-10-13-18-14-11-17/h1-3,5-6,16H,4,7-14H2. The van der Waals surface area contributed by atoms with Gasteiger partial charge in [-0.05, 0) is 25.1 Å². The van der Waals surface area contributed by atoms with Crippen LogP contribution in [-0.2, 0) is 4.74 Å². The topological polar surface area (TPSA) is 33.7 Å². The van der Waals surface area contributed by atoms with Crippen molar-refractivity contribution >= 4 is 0 Å². The number of benzene rings is 1. The summed E-state index contributed by atoms with van der Waals surface area (Å²) in [6.45, 7) is 7.84. The van der Waals surface area contributed by atoms with Crippen molar-refractivity contribution in [1.29, 1.82) is 0 Å². The molecule has 0 bridgehead atoms. The molecular weight excluding hydrogens is 240 g/mol. The Morgan fingerprint density at radius 2 is 1.89 bits per heavy atom. The molecule has 106 valence electrons. The molecule has 1 aliphatic rings. The fourth-order valence-electron chi connectivity index (χ4n) is 2.09. The van der Waals surface area contributed by atoms with Crippen LogP contribution in [0.5, 0.6) is 5.75 Å². The van der Waals surface area contributed by atoms with Crippen LogP contribution in [-0.4, -0.2) is 57.4 Å². The first-order valence-electron chi connectivity index (χ1n) is 7.14. The molecule has 4 nitrogen and oxygen atoms in total. The molecule has 0 saturated carbocycles. The summed E-state index contributed by atoms with van der Waals surface area (Å²) < 4.78 is 11.0. The summed E-state index contributed by atoms with van der Waals surface area (Å²) >= 11 is 0. The van der Waals surface area contributed by atoms with E-state index in [2.05, 4.69) is 10.2 Å². The molecular formula is C15H24N2O2. The van der Waals surface area contributed by atoms with Crippen LogP contribution in [0.3, 0.4) is 0 Å². The van der Waals surface area contributed by atoms with Gasteiger partial charge < -0.3 is 14.8 Å². The molecule has 1 aromatic rings. The van der Waals surface area contributed by atoms with E-state index in [0.29, 0.717) is 0 Å². The Morgan fingerprint density at radius 3 is 2.68 bits per heavy atom. The van der Waals surface area contributed by atoms with E-state index in [-0.39, 0.29) is 0 Å². The number of para-hydroxylation sites is 1. The number of nitrogens with one attached hydrogen (secondary N) is 1. The van der Waals surface area contributed by atoms with E-state index in [9.17, 15) is 0 Å². The summed E-state index contributed by atoms with van der Waals surface area (Å²) in [5.41, 5.74) is 0. The maximum absolute atomic E-state index is 5.64. The minimum absolute atomic E-state index is 0.772. The van der Waals surface area contributed by atoms with Gasteiger partial charge in [0, 0.05) is 26.2 Å². The van der Waals surface area contributed by atoms with E-state index in [0.717, 1.165) is 64.7 Å². The van der Waals surface area contributed by atoms with Gasteiger partial charge in [0.1, 0.15) is 5.75 Å². The third-order valence-corrected chi connectivity index (χ3v) is 3.22. The maximum atomic E-state index is 5.64. The molecule has 0 unspecified atom stereocenters. The lowest BCUT2D eigenvalue weighted by atomic mass is 10.3. The predicted molar refractivity (Wildman–Crippen MR) is 76.7 cm³/mol. The third kappa shape index (κ3) is 6.05. The molecule has 0 radical (unpaired) electrons. The first kappa shape index (κ1) is 14.3. The molecule has 1 saturated heterocycles. The van der Waals surface area contributed by atoms with Crippen LogP contribution >= 0.6 is 0 Å². The van der Waals surface area contributed by atoms with Crippen molar-refractivity contribution in [2.75, 3.05) is 52.5 Å². The number of hydrogen-bond donors (Lipinski definition) is 1. The number of rotatable bonds is 8. The highest BCUT2D eigenvalue weighted by Gasteiger charge is 2.08. The lowest BCUT2D eigenvalue weighted by molar-refractivity contribution is 0.0384. The van der Waals surface area contributed by atoms with Gasteiger partial charge in [0.15, 0.2) is 0 Å². The second-order valence-electron chi connectivity index (χ2n) is 4.72. The van der Waals surface area contributed by atoms with Gasteiger partial charge in [0.05, 0.1) is 19.8 Å². The largest absolute Gasteiger partial charge is 0.494 e. The SMILES string of the molecule is c1ccc(OCCCNCCN2CCOCC2)cc1. The van der Waals surface area contributed by atoms with Gasteiger partial charge in [-0.15, -0.1) is 0 Å². The molecule has 19 heavy (non-hydrogen) atoms. The van der Waals surface area contributed by atoms with Gasteiger partial charge in [-0.25, -0.2) is 0 Å². The van der Waals surface area contributed by atoms with Crippen molar-refractivity contribution in [3.8, 4) is 5.75 Å². The molecule has 0 amide bonds. The van der Waals surface area contributed by atoms with Gasteiger partial charge in [-0.3, -0.25) is 4.90 Å². The van der Waals surface area contributed by atoms with Gasteiger partial charge in [0.25, 0.3) is 0 Å². The highest BCUT2D eigenvalue weighted by Crippen LogP contribution is 2.07. The highest BCUT2D eigenvalue weighted by molar-refractivity contribution is 5.20. The van der Waals surface area contributed by atoms with Crippen LogP contribution in [0.1, 0.15) is 6.42 Å². The normalized spacial score (nSPS) is 16.4. The zero-order valence-corrected chi connectivity index (χ0v) is 11.5. The van der Waals surface area contributed by atoms with E-state index >= 15 is 0 Å². The Kier molecular flexibility index (Phi) is 6.71. The van der Waals surface area contributed by atoms with Crippen LogP contribution in [0.4, 0.5) is 0 Å². The molecule has 1 N–H and O–H groups in total. The van der Waals surface area contributed by atoms with Crippen LogP contribution in [0, 0.1) is 0 Å². The monoisotopic (exact) mass is 264 g/mol. The van der Waals surface area contributed by atoms with E-state index in [4.69, 9.17) is 9.47 Å². The fraction of sp³-hybridized carbons (Fsp3) is 0.600. The number of ether oxygens (including phenoxy) is 2. The van der Waals surface area contributed by atoms with Crippen LogP contribution in [0.2, 0.25) is 0 Å². The predicted octanol–water partition coefficient (Wildman–Crippen LogP) is 1.38. The lowest BCUT2D eigenvalue weighted by Crippen LogP contribution is -2.40. The summed E-state index contributed by atoms with van der Waals surface area (Å²) in [7, 11) is 0. The summed E-state index contributed by atoms with van der Waals surface area (Å²) in [5, 5.41) is 3.46. The summed E-state index contributed by atoms with van der Waals surface area (Å²) in [6, 6.07) is 9.98. The van der Waals surface area contributed by atoms with Crippen molar-refractivity contribution in [2.24, 2.45) is 0 Å². The zero-order chi connectivity index (χ0) is 13.2. The Labute approximate surface area is 115 Å². The Balaban J connectivity index is 1.42. The second-order valence-corrected chi connectivity index (χ2v) is 4.72. The van der Waals surface area contributed by atoms with Crippen LogP contribution in [0.25, 0.3) is 0 Å². The van der Waals surface area contributed by atoms with Gasteiger partial charge in [-0.2, -0.15) is 0 Å². The van der Waals surface area contributed by atoms with Gasteiger partial charge in [0.2, 0.25) is 0 Å². The lowest BCUT2D eigenvalue weighted by Gasteiger charge is -2.26. The summed E-state index contributed by atoms with van der Waals surface area (Å²) in [5.74, 6) is 0.954. The number of nitrogens with zero attached hydrogens (tertiary/aromatic N) is 1. The van der Waals surface area contributed by atoms with Crippen LogP contribution in [0.15, 0.2) is 30.3 Å². The quantitative estimate of drug-likeness (QED) is 0.719. The van der Waals surface area contributed by atoms with Crippen molar-refractivity contribution < 1.29 is 9.47 Å². The van der Waals surface area contributed by atoms with E-state index in [1.807, 2.05) is 30.3 Å². The molecule has 2 rings (SSSR count). The Bertz CT molecular complexity index is 326. The fourth-order valence-corrected chi connectivity index (χ4v) is 2.09. The smallest absolute Gasteiger partial charge is 0.119 e. The minimum atomic E-state index is 0.772. The average Bonchev–Trinajstić information content (AvgIpc) is 2.48. The molecule has 0 spiro atoms. The van der Waals surface area contributed by atoms with Crippen molar-refractivity contribution in [3.63, 3.8) is 0 Å². The average molecular weight is 264 g/mol. The molecule has 1 aromatic carbocycles.